The molecule has 1 heterocycles. The Hall–Kier alpha value is -1.50. The molecule has 0 radical (unpaired) electrons. The summed E-state index contributed by atoms with van der Waals surface area (Å²) in [5, 5.41) is 6.43. The molecule has 0 fully saturated rings. The Morgan fingerprint density at radius 2 is 1.89 bits per heavy atom. The number of carbonyl (C=O) groups excluding carboxylic acids is 1. The molecular weight excluding hydrogens is 460 g/mol. The second-order valence-electron chi connectivity index (χ2n) is 5.97. The highest BCUT2D eigenvalue weighted by molar-refractivity contribution is 7.07. The summed E-state index contributed by atoms with van der Waals surface area (Å²) in [6.07, 6.45) is 0.225. The van der Waals surface area contributed by atoms with Crippen molar-refractivity contribution in [2.45, 2.75) is 13.3 Å². The van der Waals surface area contributed by atoms with Gasteiger partial charge in [0.15, 0.2) is 4.80 Å². The van der Waals surface area contributed by atoms with Crippen LogP contribution in [0.25, 0.3) is 0 Å². The molecule has 3 rings (SSSR count). The first-order valence-corrected chi connectivity index (χ1v) is 10.0. The highest BCUT2D eigenvalue weighted by Gasteiger charge is 2.10. The summed E-state index contributed by atoms with van der Waals surface area (Å²) in [7, 11) is 1.87. The monoisotopic (exact) mass is 475 g/mol. The number of rotatable bonds is 4. The molecule has 0 aliphatic heterocycles. The van der Waals surface area contributed by atoms with Crippen molar-refractivity contribution in [2.75, 3.05) is 5.32 Å². The van der Waals surface area contributed by atoms with E-state index in [9.17, 15) is 4.79 Å². The standard InChI is InChI=1S/C19H16Cl3N3OS.ClH/c1-11-3-5-13(8-15(11)21)23-18(26)9-14-10-27-19(25(14)2)24-17-6-4-12(20)7-16(17)22;/h3-8,10H,9H2,1-2H3,(H,23,26);1H. The van der Waals surface area contributed by atoms with Gasteiger partial charge in [0.2, 0.25) is 5.91 Å². The minimum atomic E-state index is -0.126. The molecule has 2 aromatic carbocycles. The van der Waals surface area contributed by atoms with Crippen LogP contribution in [0.2, 0.25) is 15.1 Å². The van der Waals surface area contributed by atoms with E-state index in [1.807, 2.05) is 36.1 Å². The van der Waals surface area contributed by atoms with E-state index >= 15 is 0 Å². The van der Waals surface area contributed by atoms with Gasteiger partial charge < -0.3 is 9.88 Å². The fraction of sp³-hybridized carbons (Fsp3) is 0.158. The third kappa shape index (κ3) is 5.52. The first-order valence-electron chi connectivity index (χ1n) is 8.02. The number of nitrogens with zero attached hydrogens (tertiary/aromatic N) is 2. The second kappa shape index (κ2) is 9.81. The highest BCUT2D eigenvalue weighted by Crippen LogP contribution is 2.27. The number of nitrogens with one attached hydrogen (secondary N) is 1. The number of aromatic nitrogens is 1. The maximum Gasteiger partial charge on any atom is 0.230 e. The summed E-state index contributed by atoms with van der Waals surface area (Å²) in [6.45, 7) is 1.91. The number of carbonyl (C=O) groups is 1. The zero-order chi connectivity index (χ0) is 19.6. The van der Waals surface area contributed by atoms with Crippen molar-refractivity contribution in [3.63, 3.8) is 0 Å². The Morgan fingerprint density at radius 1 is 1.14 bits per heavy atom. The van der Waals surface area contributed by atoms with E-state index in [4.69, 9.17) is 34.8 Å². The maximum atomic E-state index is 12.4. The molecule has 0 aliphatic rings. The van der Waals surface area contributed by atoms with Crippen LogP contribution in [0.3, 0.4) is 0 Å². The first-order chi connectivity index (χ1) is 12.8. The number of anilines is 1. The second-order valence-corrected chi connectivity index (χ2v) is 8.05. The molecule has 0 saturated heterocycles. The van der Waals surface area contributed by atoms with Crippen molar-refractivity contribution in [3.05, 3.63) is 72.9 Å². The van der Waals surface area contributed by atoms with E-state index < -0.39 is 0 Å². The molecule has 1 aromatic heterocycles. The van der Waals surface area contributed by atoms with Crippen molar-refractivity contribution in [1.29, 1.82) is 0 Å². The molecule has 0 atom stereocenters. The van der Waals surface area contributed by atoms with Crippen molar-refractivity contribution in [2.24, 2.45) is 12.0 Å². The maximum absolute atomic E-state index is 12.4. The Bertz CT molecular complexity index is 1080. The van der Waals surface area contributed by atoms with Gasteiger partial charge in [-0.05, 0) is 42.8 Å². The third-order valence-corrected chi connectivity index (χ3v) is 5.85. The molecule has 0 spiro atoms. The number of aryl methyl sites for hydroxylation is 1. The zero-order valence-electron chi connectivity index (χ0n) is 15.0. The molecule has 3 aromatic rings. The predicted molar refractivity (Wildman–Crippen MR) is 121 cm³/mol. The molecule has 0 aliphatic carbocycles. The van der Waals surface area contributed by atoms with Crippen molar-refractivity contribution in [3.8, 4) is 0 Å². The molecule has 0 bridgehead atoms. The minimum absolute atomic E-state index is 0. The number of benzene rings is 2. The Balaban J connectivity index is 0.00000280. The molecule has 4 nitrogen and oxygen atoms in total. The number of hydrogen-bond donors (Lipinski definition) is 1. The van der Waals surface area contributed by atoms with Gasteiger partial charge in [-0.25, -0.2) is 4.99 Å². The predicted octanol–water partition coefficient (Wildman–Crippen LogP) is 6.19. The fourth-order valence-electron chi connectivity index (χ4n) is 2.38. The molecular formula is C19H17Cl4N3OS. The molecule has 0 saturated carbocycles. The van der Waals surface area contributed by atoms with E-state index in [0.29, 0.717) is 26.4 Å². The highest BCUT2D eigenvalue weighted by atomic mass is 35.5. The molecule has 28 heavy (non-hydrogen) atoms. The van der Waals surface area contributed by atoms with Crippen LogP contribution < -0.4 is 10.1 Å². The lowest BCUT2D eigenvalue weighted by Crippen LogP contribution is -2.19. The van der Waals surface area contributed by atoms with Crippen LogP contribution in [-0.4, -0.2) is 10.5 Å². The molecule has 0 unspecified atom stereocenters. The third-order valence-electron chi connectivity index (χ3n) is 3.94. The summed E-state index contributed by atoms with van der Waals surface area (Å²) in [4.78, 5) is 17.7. The number of thiazole rings is 1. The van der Waals surface area contributed by atoms with Crippen LogP contribution in [0.1, 0.15) is 11.3 Å². The van der Waals surface area contributed by atoms with Gasteiger partial charge in [0.05, 0.1) is 17.1 Å². The summed E-state index contributed by atoms with van der Waals surface area (Å²) in [5.41, 5.74) is 3.11. The first kappa shape index (κ1) is 22.8. The number of amides is 1. The van der Waals surface area contributed by atoms with Gasteiger partial charge in [0, 0.05) is 33.9 Å². The van der Waals surface area contributed by atoms with E-state index in [1.54, 1.807) is 24.3 Å². The summed E-state index contributed by atoms with van der Waals surface area (Å²) in [5.74, 6) is -0.126. The lowest BCUT2D eigenvalue weighted by atomic mass is 10.2. The molecule has 1 N–H and O–H groups in total. The zero-order valence-corrected chi connectivity index (χ0v) is 18.9. The van der Waals surface area contributed by atoms with Crippen molar-refractivity contribution >= 4 is 75.8 Å². The Kier molecular flexibility index (Phi) is 7.98. The average Bonchev–Trinajstić information content (AvgIpc) is 2.94. The topological polar surface area (TPSA) is 46.4 Å². The average molecular weight is 477 g/mol. The molecule has 9 heteroatoms. The minimum Gasteiger partial charge on any atom is -0.326 e. The van der Waals surface area contributed by atoms with Gasteiger partial charge in [0.1, 0.15) is 0 Å². The van der Waals surface area contributed by atoms with Gasteiger partial charge in [0.25, 0.3) is 0 Å². The van der Waals surface area contributed by atoms with Crippen LogP contribution in [0.15, 0.2) is 46.8 Å². The van der Waals surface area contributed by atoms with E-state index in [-0.39, 0.29) is 24.7 Å². The van der Waals surface area contributed by atoms with Crippen LogP contribution >= 0.6 is 58.5 Å². The number of halogens is 4. The lowest BCUT2D eigenvalue weighted by Gasteiger charge is -2.07. The van der Waals surface area contributed by atoms with Gasteiger partial charge in [-0.2, -0.15) is 0 Å². The summed E-state index contributed by atoms with van der Waals surface area (Å²) < 4.78 is 1.87. The number of hydrogen-bond acceptors (Lipinski definition) is 3. The van der Waals surface area contributed by atoms with Gasteiger partial charge in [-0.3, -0.25) is 4.79 Å². The van der Waals surface area contributed by atoms with Gasteiger partial charge in [-0.1, -0.05) is 40.9 Å². The van der Waals surface area contributed by atoms with Crippen molar-refractivity contribution in [1.82, 2.24) is 4.57 Å². The lowest BCUT2D eigenvalue weighted by molar-refractivity contribution is -0.115. The SMILES string of the molecule is Cc1ccc(NC(=O)Cc2csc(=Nc3ccc(Cl)cc3Cl)n2C)cc1Cl.Cl. The largest absolute Gasteiger partial charge is 0.326 e. The van der Waals surface area contributed by atoms with Crippen molar-refractivity contribution < 1.29 is 4.79 Å². The fourth-order valence-corrected chi connectivity index (χ4v) is 3.92. The summed E-state index contributed by atoms with van der Waals surface area (Å²) >= 11 is 19.6. The smallest absolute Gasteiger partial charge is 0.230 e. The van der Waals surface area contributed by atoms with Crippen LogP contribution in [0.5, 0.6) is 0 Å². The Morgan fingerprint density at radius 3 is 2.57 bits per heavy atom. The quantitative estimate of drug-likeness (QED) is 0.479. The van der Waals surface area contributed by atoms with Crippen LogP contribution in [0, 0.1) is 6.92 Å². The van der Waals surface area contributed by atoms with Crippen LogP contribution in [-0.2, 0) is 18.3 Å². The summed E-state index contributed by atoms with van der Waals surface area (Å²) in [6, 6.07) is 10.6. The van der Waals surface area contributed by atoms with Crippen LogP contribution in [0.4, 0.5) is 11.4 Å². The molecule has 1 amide bonds. The Labute approximate surface area is 188 Å². The normalized spacial score (nSPS) is 11.2. The molecule has 148 valence electrons. The van der Waals surface area contributed by atoms with Gasteiger partial charge >= 0.3 is 0 Å². The van der Waals surface area contributed by atoms with Gasteiger partial charge in [-0.15, -0.1) is 23.7 Å². The van der Waals surface area contributed by atoms with E-state index in [2.05, 4.69) is 10.3 Å². The van der Waals surface area contributed by atoms with E-state index in [1.165, 1.54) is 11.3 Å². The van der Waals surface area contributed by atoms with E-state index in [0.717, 1.165) is 16.1 Å².